The summed E-state index contributed by atoms with van der Waals surface area (Å²) in [6, 6.07) is 16.3. The van der Waals surface area contributed by atoms with Crippen LogP contribution in [-0.4, -0.2) is 69.0 Å². The lowest BCUT2D eigenvalue weighted by molar-refractivity contribution is 0.0906. The summed E-state index contributed by atoms with van der Waals surface area (Å²) in [7, 11) is 0. The highest BCUT2D eigenvalue weighted by atomic mass is 16.5. The summed E-state index contributed by atoms with van der Waals surface area (Å²) >= 11 is 0. The first-order chi connectivity index (χ1) is 18.1. The van der Waals surface area contributed by atoms with E-state index in [2.05, 4.69) is 74.5 Å². The van der Waals surface area contributed by atoms with Crippen molar-refractivity contribution in [3.63, 3.8) is 0 Å². The van der Waals surface area contributed by atoms with E-state index < -0.39 is 0 Å². The van der Waals surface area contributed by atoms with Crippen molar-refractivity contribution in [3.05, 3.63) is 81.4 Å². The zero-order valence-electron chi connectivity index (χ0n) is 21.4. The van der Waals surface area contributed by atoms with Gasteiger partial charge in [-0.2, -0.15) is 0 Å². The molecule has 1 N–H and O–H groups in total. The van der Waals surface area contributed by atoms with Crippen LogP contribution in [0.3, 0.4) is 0 Å². The smallest absolute Gasteiger partial charge is 0.253 e. The van der Waals surface area contributed by atoms with E-state index in [1.165, 1.54) is 11.3 Å². The maximum atomic E-state index is 13.6. The Balaban J connectivity index is 1.38. The van der Waals surface area contributed by atoms with E-state index in [4.69, 9.17) is 4.74 Å². The minimum atomic E-state index is -0.357. The molecule has 9 nitrogen and oxygen atoms in total. The van der Waals surface area contributed by atoms with E-state index in [9.17, 15) is 4.79 Å². The number of aryl methyl sites for hydroxylation is 2. The Hall–Kier alpha value is -3.56. The van der Waals surface area contributed by atoms with Gasteiger partial charge in [0.1, 0.15) is 6.04 Å². The molecule has 0 aliphatic carbocycles. The van der Waals surface area contributed by atoms with Crippen LogP contribution in [0.5, 0.6) is 0 Å². The third-order valence-corrected chi connectivity index (χ3v) is 7.79. The number of aromatic amines is 1. The van der Waals surface area contributed by atoms with Crippen LogP contribution in [0.1, 0.15) is 41.4 Å². The van der Waals surface area contributed by atoms with Crippen LogP contribution in [0.4, 0.5) is 5.69 Å². The molecule has 4 heterocycles. The van der Waals surface area contributed by atoms with Crippen LogP contribution in [0.25, 0.3) is 10.9 Å². The van der Waals surface area contributed by atoms with Crippen LogP contribution < -0.4 is 10.5 Å². The molecule has 2 fully saturated rings. The second-order valence-corrected chi connectivity index (χ2v) is 10.2. The molecular weight excluding hydrogens is 466 g/mol. The zero-order valence-corrected chi connectivity index (χ0v) is 21.4. The summed E-state index contributed by atoms with van der Waals surface area (Å²) in [5.41, 5.74) is 5.00. The number of H-pyrrole nitrogens is 1. The zero-order chi connectivity index (χ0) is 25.4. The maximum absolute atomic E-state index is 13.6. The second-order valence-electron chi connectivity index (χ2n) is 10.2. The Kier molecular flexibility index (Phi) is 6.48. The summed E-state index contributed by atoms with van der Waals surface area (Å²) in [6.07, 6.45) is 2.14. The first-order valence-electron chi connectivity index (χ1n) is 13.1. The van der Waals surface area contributed by atoms with Crippen LogP contribution in [0.15, 0.2) is 53.3 Å². The van der Waals surface area contributed by atoms with Crippen molar-refractivity contribution in [1.82, 2.24) is 30.1 Å². The molecule has 2 aliphatic rings. The van der Waals surface area contributed by atoms with Gasteiger partial charge in [0.2, 0.25) is 0 Å². The first-order valence-corrected chi connectivity index (χ1v) is 13.1. The lowest BCUT2D eigenvalue weighted by atomic mass is 10.00. The number of aromatic nitrogens is 5. The van der Waals surface area contributed by atoms with Crippen molar-refractivity contribution in [1.29, 1.82) is 0 Å². The number of fused-ring (bicyclic) bond motifs is 1. The van der Waals surface area contributed by atoms with Crippen molar-refractivity contribution < 1.29 is 4.74 Å². The van der Waals surface area contributed by atoms with E-state index in [0.717, 1.165) is 62.1 Å². The summed E-state index contributed by atoms with van der Waals surface area (Å²) in [5, 5.41) is 13.9. The lowest BCUT2D eigenvalue weighted by Gasteiger charge is -2.39. The highest BCUT2D eigenvalue weighted by molar-refractivity contribution is 5.81. The number of tetrazole rings is 1. The fourth-order valence-corrected chi connectivity index (χ4v) is 5.59. The molecule has 2 aromatic carbocycles. The number of anilines is 1. The molecular formula is C28H33N7O2. The highest BCUT2D eigenvalue weighted by Crippen LogP contribution is 2.30. The minimum Gasteiger partial charge on any atom is -0.376 e. The number of rotatable bonds is 6. The molecule has 2 aromatic heterocycles. The number of piperazine rings is 1. The highest BCUT2D eigenvalue weighted by Gasteiger charge is 2.33. The van der Waals surface area contributed by atoms with Gasteiger partial charge in [0, 0.05) is 49.6 Å². The van der Waals surface area contributed by atoms with Gasteiger partial charge in [0.15, 0.2) is 5.82 Å². The van der Waals surface area contributed by atoms with Crippen LogP contribution in [-0.2, 0) is 11.3 Å². The van der Waals surface area contributed by atoms with E-state index in [0.29, 0.717) is 17.9 Å². The molecule has 2 aliphatic heterocycles. The van der Waals surface area contributed by atoms with Gasteiger partial charge in [-0.15, -0.1) is 5.10 Å². The number of nitrogens with one attached hydrogen (secondary N) is 1. The predicted octanol–water partition coefficient (Wildman–Crippen LogP) is 3.22. The minimum absolute atomic E-state index is 0.0957. The van der Waals surface area contributed by atoms with Crippen molar-refractivity contribution >= 4 is 16.6 Å². The Morgan fingerprint density at radius 2 is 1.84 bits per heavy atom. The van der Waals surface area contributed by atoms with Gasteiger partial charge in [-0.25, -0.2) is 4.68 Å². The average molecular weight is 500 g/mol. The van der Waals surface area contributed by atoms with Crippen LogP contribution in [0, 0.1) is 13.8 Å². The molecule has 2 atom stereocenters. The number of nitrogens with zero attached hydrogens (tertiary/aromatic N) is 6. The third-order valence-electron chi connectivity index (χ3n) is 7.79. The molecule has 0 bridgehead atoms. The topological polar surface area (TPSA) is 92.2 Å². The molecule has 4 aromatic rings. The van der Waals surface area contributed by atoms with Crippen LogP contribution in [0.2, 0.25) is 0 Å². The van der Waals surface area contributed by atoms with Gasteiger partial charge < -0.3 is 14.6 Å². The largest absolute Gasteiger partial charge is 0.376 e. The molecule has 0 spiro atoms. The number of pyridine rings is 1. The van der Waals surface area contributed by atoms with Crippen molar-refractivity contribution in [2.75, 3.05) is 37.7 Å². The van der Waals surface area contributed by atoms with Gasteiger partial charge >= 0.3 is 0 Å². The Morgan fingerprint density at radius 3 is 2.59 bits per heavy atom. The summed E-state index contributed by atoms with van der Waals surface area (Å²) in [4.78, 5) is 21.4. The number of hydrogen-bond donors (Lipinski definition) is 1. The molecule has 6 rings (SSSR count). The van der Waals surface area contributed by atoms with E-state index in [1.807, 2.05) is 22.9 Å². The molecule has 0 amide bonds. The quantitative estimate of drug-likeness (QED) is 0.435. The number of ether oxygens (including phenoxy) is 1. The van der Waals surface area contributed by atoms with Gasteiger partial charge in [-0.1, -0.05) is 18.2 Å². The van der Waals surface area contributed by atoms with Crippen molar-refractivity contribution in [2.24, 2.45) is 0 Å². The van der Waals surface area contributed by atoms with Crippen molar-refractivity contribution in [3.8, 4) is 0 Å². The number of hydrogen-bond acceptors (Lipinski definition) is 7. The normalized spacial score (nSPS) is 19.5. The summed E-state index contributed by atoms with van der Waals surface area (Å²) in [6.45, 7) is 8.82. The SMILES string of the molecule is Cc1cc2cc([C@@H](c3nnnn3C[C@@H]3CCCO3)N3CCN(c4ccccc4)CC3)c(=O)[nH]c2cc1C. The van der Waals surface area contributed by atoms with Crippen molar-refractivity contribution in [2.45, 2.75) is 45.4 Å². The lowest BCUT2D eigenvalue weighted by Crippen LogP contribution is -2.49. The summed E-state index contributed by atoms with van der Waals surface area (Å²) < 4.78 is 7.72. The predicted molar refractivity (Wildman–Crippen MR) is 143 cm³/mol. The maximum Gasteiger partial charge on any atom is 0.253 e. The van der Waals surface area contributed by atoms with Crippen LogP contribution >= 0.6 is 0 Å². The standard InChI is InChI=1S/C28H33N7O2/c1-19-15-21-17-24(28(36)29-25(21)16-20(19)2)26(27-30-31-32-35(27)18-23-9-6-14-37-23)34-12-10-33(11-13-34)22-7-4-3-5-8-22/h3-5,7-8,15-17,23,26H,6,9-14,18H2,1-2H3,(H,29,36)/t23-,26-/m0/s1. The number of benzene rings is 2. The van der Waals surface area contributed by atoms with Gasteiger partial charge in [-0.3, -0.25) is 9.69 Å². The van der Waals surface area contributed by atoms with E-state index in [1.54, 1.807) is 0 Å². The monoisotopic (exact) mass is 499 g/mol. The van der Waals surface area contributed by atoms with E-state index >= 15 is 0 Å². The molecule has 37 heavy (non-hydrogen) atoms. The summed E-state index contributed by atoms with van der Waals surface area (Å²) in [5.74, 6) is 0.692. The molecule has 0 radical (unpaired) electrons. The van der Waals surface area contributed by atoms with Gasteiger partial charge in [0.25, 0.3) is 5.56 Å². The Morgan fingerprint density at radius 1 is 1.05 bits per heavy atom. The Bertz CT molecular complexity index is 1430. The van der Waals surface area contributed by atoms with E-state index in [-0.39, 0.29) is 17.7 Å². The number of para-hydroxylation sites is 1. The van der Waals surface area contributed by atoms with Gasteiger partial charge in [0.05, 0.1) is 12.6 Å². The second kappa shape index (κ2) is 10.1. The first kappa shape index (κ1) is 23.8. The van der Waals surface area contributed by atoms with Gasteiger partial charge in [-0.05, 0) is 84.0 Å². The molecule has 0 unspecified atom stereocenters. The Labute approximate surface area is 216 Å². The average Bonchev–Trinajstić information content (AvgIpc) is 3.60. The molecule has 0 saturated carbocycles. The molecule has 192 valence electrons. The molecule has 2 saturated heterocycles. The molecule has 9 heteroatoms. The fraction of sp³-hybridized carbons (Fsp3) is 0.429. The third kappa shape index (κ3) is 4.76. The fourth-order valence-electron chi connectivity index (χ4n) is 5.59.